The first-order valence-corrected chi connectivity index (χ1v) is 5.59. The van der Waals surface area contributed by atoms with Gasteiger partial charge in [-0.05, 0) is 26.3 Å². The van der Waals surface area contributed by atoms with Crippen molar-refractivity contribution < 1.29 is 14.6 Å². The Morgan fingerprint density at radius 3 is 2.73 bits per heavy atom. The lowest BCUT2D eigenvalue weighted by Crippen LogP contribution is -2.42. The average Bonchev–Trinajstić information content (AvgIpc) is 2.57. The third-order valence-electron chi connectivity index (χ3n) is 3.42. The number of hydrogen-bond acceptors (Lipinski definition) is 3. The van der Waals surface area contributed by atoms with E-state index in [1.165, 1.54) is 0 Å². The first-order valence-electron chi connectivity index (χ1n) is 5.59. The van der Waals surface area contributed by atoms with Crippen molar-refractivity contribution in [1.82, 2.24) is 4.90 Å². The fourth-order valence-electron chi connectivity index (χ4n) is 2.45. The van der Waals surface area contributed by atoms with E-state index in [1.54, 1.807) is 7.11 Å². The number of rotatable bonds is 5. The molecule has 1 saturated heterocycles. The van der Waals surface area contributed by atoms with E-state index in [9.17, 15) is 4.79 Å². The number of hydrogen-bond donors (Lipinski definition) is 1. The second-order valence-corrected chi connectivity index (χ2v) is 4.23. The summed E-state index contributed by atoms with van der Waals surface area (Å²) in [7, 11) is 1.69. The Kier molecular flexibility index (Phi) is 4.54. The SMILES string of the molecule is CCC(COC)N1CCC(C(=O)O)C1C. The monoisotopic (exact) mass is 215 g/mol. The van der Waals surface area contributed by atoms with Crippen LogP contribution in [0, 0.1) is 5.92 Å². The summed E-state index contributed by atoms with van der Waals surface area (Å²) in [6.45, 7) is 5.68. The number of carbonyl (C=O) groups is 1. The van der Waals surface area contributed by atoms with Gasteiger partial charge in [0.1, 0.15) is 0 Å². The van der Waals surface area contributed by atoms with Gasteiger partial charge in [-0.25, -0.2) is 0 Å². The first-order chi connectivity index (χ1) is 7.11. The van der Waals surface area contributed by atoms with Crippen LogP contribution in [-0.4, -0.2) is 48.3 Å². The van der Waals surface area contributed by atoms with Gasteiger partial charge < -0.3 is 9.84 Å². The second-order valence-electron chi connectivity index (χ2n) is 4.23. The number of carboxylic acids is 1. The van der Waals surface area contributed by atoms with Crippen LogP contribution in [0.3, 0.4) is 0 Å². The maximum Gasteiger partial charge on any atom is 0.308 e. The maximum atomic E-state index is 11.0. The Morgan fingerprint density at radius 2 is 2.33 bits per heavy atom. The van der Waals surface area contributed by atoms with E-state index in [0.29, 0.717) is 12.6 Å². The number of methoxy groups -OCH3 is 1. The minimum Gasteiger partial charge on any atom is -0.481 e. The molecule has 88 valence electrons. The molecule has 1 heterocycles. The van der Waals surface area contributed by atoms with E-state index in [2.05, 4.69) is 11.8 Å². The highest BCUT2D eigenvalue weighted by atomic mass is 16.5. The molecule has 0 amide bonds. The fraction of sp³-hybridized carbons (Fsp3) is 0.909. The lowest BCUT2D eigenvalue weighted by molar-refractivity contribution is -0.142. The zero-order valence-electron chi connectivity index (χ0n) is 9.77. The quantitative estimate of drug-likeness (QED) is 0.749. The number of likely N-dealkylation sites (tertiary alicyclic amines) is 1. The molecule has 3 atom stereocenters. The molecule has 0 saturated carbocycles. The van der Waals surface area contributed by atoms with E-state index in [1.807, 2.05) is 6.92 Å². The van der Waals surface area contributed by atoms with Crippen LogP contribution in [0.1, 0.15) is 26.7 Å². The molecule has 0 aromatic carbocycles. The Morgan fingerprint density at radius 1 is 1.67 bits per heavy atom. The molecule has 3 unspecified atom stereocenters. The highest BCUT2D eigenvalue weighted by Gasteiger charge is 2.38. The van der Waals surface area contributed by atoms with Crippen molar-refractivity contribution in [2.45, 2.75) is 38.8 Å². The van der Waals surface area contributed by atoms with Gasteiger partial charge in [-0.15, -0.1) is 0 Å². The van der Waals surface area contributed by atoms with Crippen molar-refractivity contribution in [2.75, 3.05) is 20.3 Å². The predicted octanol–water partition coefficient (Wildman–Crippen LogP) is 1.21. The lowest BCUT2D eigenvalue weighted by Gasteiger charge is -2.31. The summed E-state index contributed by atoms with van der Waals surface area (Å²) >= 11 is 0. The van der Waals surface area contributed by atoms with Crippen LogP contribution in [0.15, 0.2) is 0 Å². The average molecular weight is 215 g/mol. The Balaban J connectivity index is 2.60. The molecule has 1 N–H and O–H groups in total. The van der Waals surface area contributed by atoms with Gasteiger partial charge in [0.05, 0.1) is 12.5 Å². The van der Waals surface area contributed by atoms with Gasteiger partial charge in [0.25, 0.3) is 0 Å². The normalized spacial score (nSPS) is 29.3. The molecule has 0 radical (unpaired) electrons. The molecule has 0 bridgehead atoms. The van der Waals surface area contributed by atoms with Gasteiger partial charge in [-0.3, -0.25) is 9.69 Å². The number of aliphatic carboxylic acids is 1. The molecule has 1 aliphatic rings. The van der Waals surface area contributed by atoms with Crippen molar-refractivity contribution in [1.29, 1.82) is 0 Å². The van der Waals surface area contributed by atoms with Gasteiger partial charge in [-0.2, -0.15) is 0 Å². The zero-order valence-corrected chi connectivity index (χ0v) is 9.77. The molecular weight excluding hydrogens is 194 g/mol. The molecule has 1 fully saturated rings. The zero-order chi connectivity index (χ0) is 11.4. The van der Waals surface area contributed by atoms with Crippen molar-refractivity contribution >= 4 is 5.97 Å². The van der Waals surface area contributed by atoms with Crippen LogP contribution in [0.25, 0.3) is 0 Å². The Hall–Kier alpha value is -0.610. The molecule has 0 aliphatic carbocycles. The third-order valence-corrected chi connectivity index (χ3v) is 3.42. The minimum absolute atomic E-state index is 0.127. The van der Waals surface area contributed by atoms with Gasteiger partial charge in [0, 0.05) is 19.2 Å². The highest BCUT2D eigenvalue weighted by Crippen LogP contribution is 2.27. The largest absolute Gasteiger partial charge is 0.481 e. The van der Waals surface area contributed by atoms with Crippen LogP contribution in [0.2, 0.25) is 0 Å². The predicted molar refractivity (Wildman–Crippen MR) is 57.9 cm³/mol. The van der Waals surface area contributed by atoms with Gasteiger partial charge in [0.2, 0.25) is 0 Å². The maximum absolute atomic E-state index is 11.0. The van der Waals surface area contributed by atoms with Crippen molar-refractivity contribution in [2.24, 2.45) is 5.92 Å². The summed E-state index contributed by atoms with van der Waals surface area (Å²) in [5.74, 6) is -0.881. The molecule has 4 heteroatoms. The van der Waals surface area contributed by atoms with Crippen LogP contribution in [0.4, 0.5) is 0 Å². The number of carboxylic acid groups (broad SMARTS) is 1. The summed E-state index contributed by atoms with van der Waals surface area (Å²) < 4.78 is 5.16. The third kappa shape index (κ3) is 2.69. The second kappa shape index (κ2) is 5.47. The molecule has 0 spiro atoms. The Labute approximate surface area is 91.2 Å². The topological polar surface area (TPSA) is 49.8 Å². The van der Waals surface area contributed by atoms with Crippen LogP contribution >= 0.6 is 0 Å². The van der Waals surface area contributed by atoms with Crippen molar-refractivity contribution in [3.8, 4) is 0 Å². The number of ether oxygens (including phenoxy) is 1. The molecule has 1 aliphatic heterocycles. The van der Waals surface area contributed by atoms with Gasteiger partial charge in [0.15, 0.2) is 0 Å². The molecule has 0 aromatic rings. The van der Waals surface area contributed by atoms with Crippen LogP contribution in [0.5, 0.6) is 0 Å². The smallest absolute Gasteiger partial charge is 0.308 e. The summed E-state index contributed by atoms with van der Waals surface area (Å²) in [5, 5.41) is 9.03. The number of nitrogens with zero attached hydrogens (tertiary/aromatic N) is 1. The molecule has 1 rings (SSSR count). The summed E-state index contributed by atoms with van der Waals surface area (Å²) in [4.78, 5) is 13.2. The van der Waals surface area contributed by atoms with Crippen molar-refractivity contribution in [3.05, 3.63) is 0 Å². The first kappa shape index (κ1) is 12.5. The van der Waals surface area contributed by atoms with Crippen molar-refractivity contribution in [3.63, 3.8) is 0 Å². The van der Waals surface area contributed by atoms with E-state index >= 15 is 0 Å². The minimum atomic E-state index is -0.669. The van der Waals surface area contributed by atoms with E-state index in [-0.39, 0.29) is 12.0 Å². The lowest BCUT2D eigenvalue weighted by atomic mass is 10.0. The summed E-state index contributed by atoms with van der Waals surface area (Å²) in [6.07, 6.45) is 1.77. The van der Waals surface area contributed by atoms with Gasteiger partial charge in [-0.1, -0.05) is 6.92 Å². The van der Waals surface area contributed by atoms with E-state index in [4.69, 9.17) is 9.84 Å². The van der Waals surface area contributed by atoms with Crippen LogP contribution < -0.4 is 0 Å². The fourth-order valence-corrected chi connectivity index (χ4v) is 2.45. The van der Waals surface area contributed by atoms with Gasteiger partial charge >= 0.3 is 5.97 Å². The summed E-state index contributed by atoms with van der Waals surface area (Å²) in [6, 6.07) is 0.483. The molecule has 0 aromatic heterocycles. The standard InChI is InChI=1S/C11H21NO3/c1-4-9(7-15-3)12-6-5-10(8(12)2)11(13)14/h8-10H,4-7H2,1-3H3,(H,13,14). The molecular formula is C11H21NO3. The highest BCUT2D eigenvalue weighted by molar-refractivity contribution is 5.71. The van der Waals surface area contributed by atoms with Crippen LogP contribution in [-0.2, 0) is 9.53 Å². The molecule has 4 nitrogen and oxygen atoms in total. The van der Waals surface area contributed by atoms with E-state index < -0.39 is 5.97 Å². The Bertz CT molecular complexity index is 220. The molecule has 15 heavy (non-hydrogen) atoms. The summed E-state index contributed by atoms with van der Waals surface area (Å²) in [5.41, 5.74) is 0. The van der Waals surface area contributed by atoms with E-state index in [0.717, 1.165) is 19.4 Å².